The largest absolute Gasteiger partial charge is 0.480 e. The van der Waals surface area contributed by atoms with Crippen LogP contribution in [0.2, 0.25) is 0 Å². The first-order valence-electron chi connectivity index (χ1n) is 6.08. The van der Waals surface area contributed by atoms with Crippen LogP contribution in [0.4, 0.5) is 4.79 Å². The lowest BCUT2D eigenvalue weighted by Gasteiger charge is -2.29. The number of carboxylic acids is 1. The van der Waals surface area contributed by atoms with Crippen LogP contribution in [0.1, 0.15) is 26.3 Å². The molecule has 0 fully saturated rings. The first-order valence-corrected chi connectivity index (χ1v) is 7.76. The minimum Gasteiger partial charge on any atom is -0.480 e. The highest BCUT2D eigenvalue weighted by molar-refractivity contribution is 9.11. The van der Waals surface area contributed by atoms with E-state index in [0.717, 1.165) is 9.35 Å². The summed E-state index contributed by atoms with van der Waals surface area (Å²) < 4.78 is 0.999. The van der Waals surface area contributed by atoms with Crippen molar-refractivity contribution in [2.75, 3.05) is 7.05 Å². The summed E-state index contributed by atoms with van der Waals surface area (Å²) in [6, 6.07) is 0.619. The number of carboxylic acid groups (broad SMARTS) is 1. The van der Waals surface area contributed by atoms with Crippen molar-refractivity contribution in [3.8, 4) is 0 Å². The van der Waals surface area contributed by atoms with E-state index in [1.807, 2.05) is 11.4 Å². The zero-order valence-corrected chi connectivity index (χ0v) is 14.3. The van der Waals surface area contributed by atoms with Crippen molar-refractivity contribution in [3.63, 3.8) is 0 Å². The maximum Gasteiger partial charge on any atom is 0.326 e. The Bertz CT molecular complexity index is 496. The smallest absolute Gasteiger partial charge is 0.326 e. The minimum absolute atomic E-state index is 0.394. The molecule has 0 aliphatic rings. The fraction of sp³-hybridized carbons (Fsp3) is 0.538. The summed E-state index contributed by atoms with van der Waals surface area (Å²) in [7, 11) is 1.64. The Hall–Kier alpha value is -1.08. The molecule has 2 N–H and O–H groups in total. The number of hydrogen-bond donors (Lipinski definition) is 2. The first kappa shape index (κ1) is 17.0. The highest BCUT2D eigenvalue weighted by atomic mass is 79.9. The van der Waals surface area contributed by atoms with Gasteiger partial charge in [-0.25, -0.2) is 9.59 Å². The zero-order chi connectivity index (χ0) is 15.5. The molecule has 0 radical (unpaired) electrons. The number of nitrogens with zero attached hydrogens (tertiary/aromatic N) is 1. The predicted molar refractivity (Wildman–Crippen MR) is 82.9 cm³/mol. The maximum absolute atomic E-state index is 12.1. The molecule has 1 aromatic rings. The predicted octanol–water partition coefficient (Wildman–Crippen LogP) is 3.15. The molecule has 2 amide bonds. The molecular formula is C13H19BrN2O3S. The van der Waals surface area contributed by atoms with E-state index in [0.29, 0.717) is 6.54 Å². The van der Waals surface area contributed by atoms with E-state index in [9.17, 15) is 14.7 Å². The molecule has 1 rings (SSSR count). The van der Waals surface area contributed by atoms with Gasteiger partial charge in [0.1, 0.15) is 6.04 Å². The minimum atomic E-state index is -1.03. The summed E-state index contributed by atoms with van der Waals surface area (Å²) in [5.74, 6) is -1.03. The topological polar surface area (TPSA) is 69.6 Å². The van der Waals surface area contributed by atoms with Crippen LogP contribution in [-0.4, -0.2) is 35.1 Å². The monoisotopic (exact) mass is 362 g/mol. The molecule has 112 valence electrons. The number of urea groups is 1. The van der Waals surface area contributed by atoms with Gasteiger partial charge in [0.25, 0.3) is 0 Å². The van der Waals surface area contributed by atoms with E-state index in [1.165, 1.54) is 4.90 Å². The summed E-state index contributed by atoms with van der Waals surface area (Å²) in [6.07, 6.45) is 0. The van der Waals surface area contributed by atoms with E-state index >= 15 is 0 Å². The van der Waals surface area contributed by atoms with Gasteiger partial charge in [0.15, 0.2) is 0 Å². The summed E-state index contributed by atoms with van der Waals surface area (Å²) in [5, 5.41) is 13.7. The fourth-order valence-electron chi connectivity index (χ4n) is 1.66. The second-order valence-electron chi connectivity index (χ2n) is 5.70. The number of hydrogen-bond acceptors (Lipinski definition) is 3. The summed E-state index contributed by atoms with van der Waals surface area (Å²) in [4.78, 5) is 24.8. The number of aliphatic carboxylic acids is 1. The fourth-order valence-corrected chi connectivity index (χ4v) is 2.86. The summed E-state index contributed by atoms with van der Waals surface area (Å²) in [5.41, 5.74) is 0.454. The number of halogens is 1. The quantitative estimate of drug-likeness (QED) is 0.864. The van der Waals surface area contributed by atoms with Gasteiger partial charge in [-0.05, 0) is 38.4 Å². The molecule has 0 aliphatic heterocycles. The van der Waals surface area contributed by atoms with Crippen molar-refractivity contribution in [1.29, 1.82) is 0 Å². The Labute approximate surface area is 131 Å². The number of carbonyl (C=O) groups excluding carboxylic acids is 1. The Morgan fingerprint density at radius 2 is 2.10 bits per heavy atom. The molecule has 0 bridgehead atoms. The summed E-state index contributed by atoms with van der Waals surface area (Å²) >= 11 is 4.91. The third kappa shape index (κ3) is 4.79. The maximum atomic E-state index is 12.1. The van der Waals surface area contributed by atoms with Crippen LogP contribution in [-0.2, 0) is 11.3 Å². The number of rotatable bonds is 4. The lowest BCUT2D eigenvalue weighted by atomic mass is 9.87. The molecule has 5 nitrogen and oxygen atoms in total. The van der Waals surface area contributed by atoms with Gasteiger partial charge in [-0.15, -0.1) is 11.3 Å². The standard InChI is InChI=1S/C13H19BrN2O3S/c1-13(2,3)10(11(17)18)15-12(19)16(4)6-8-5-9(14)20-7-8/h5,7,10H,6H2,1-4H3,(H,15,19)(H,17,18)/t10-/m1/s1. The van der Waals surface area contributed by atoms with Gasteiger partial charge in [0.2, 0.25) is 0 Å². The molecule has 1 heterocycles. The van der Waals surface area contributed by atoms with Gasteiger partial charge < -0.3 is 15.3 Å². The average Bonchev–Trinajstić information content (AvgIpc) is 2.69. The molecule has 0 saturated carbocycles. The van der Waals surface area contributed by atoms with Crippen molar-refractivity contribution in [2.24, 2.45) is 5.41 Å². The molecule has 0 unspecified atom stereocenters. The van der Waals surface area contributed by atoms with Crippen LogP contribution in [0.15, 0.2) is 15.2 Å². The zero-order valence-electron chi connectivity index (χ0n) is 11.9. The van der Waals surface area contributed by atoms with Crippen LogP contribution in [0.5, 0.6) is 0 Å². The van der Waals surface area contributed by atoms with Crippen LogP contribution >= 0.6 is 27.3 Å². The normalized spacial score (nSPS) is 12.8. The molecule has 0 saturated heterocycles. The highest BCUT2D eigenvalue weighted by Gasteiger charge is 2.33. The van der Waals surface area contributed by atoms with Crippen molar-refractivity contribution >= 4 is 39.3 Å². The lowest BCUT2D eigenvalue weighted by Crippen LogP contribution is -2.52. The highest BCUT2D eigenvalue weighted by Crippen LogP contribution is 2.22. The van der Waals surface area contributed by atoms with Crippen LogP contribution in [0, 0.1) is 5.41 Å². The molecule has 7 heteroatoms. The van der Waals surface area contributed by atoms with Crippen molar-refractivity contribution in [2.45, 2.75) is 33.4 Å². The van der Waals surface area contributed by atoms with Crippen LogP contribution in [0.25, 0.3) is 0 Å². The summed E-state index contributed by atoms with van der Waals surface area (Å²) in [6.45, 7) is 5.77. The lowest BCUT2D eigenvalue weighted by molar-refractivity contribution is -0.142. The molecule has 0 spiro atoms. The third-order valence-corrected chi connectivity index (χ3v) is 4.32. The van der Waals surface area contributed by atoms with E-state index < -0.39 is 23.5 Å². The molecule has 0 aliphatic carbocycles. The molecule has 1 aromatic heterocycles. The molecule has 0 aromatic carbocycles. The van der Waals surface area contributed by atoms with Gasteiger partial charge in [-0.2, -0.15) is 0 Å². The molecule has 20 heavy (non-hydrogen) atoms. The second-order valence-corrected chi connectivity index (χ2v) is 7.99. The first-order chi connectivity index (χ1) is 9.11. The Morgan fingerprint density at radius 3 is 2.50 bits per heavy atom. The van der Waals surface area contributed by atoms with E-state index in [-0.39, 0.29) is 0 Å². The number of nitrogens with one attached hydrogen (secondary N) is 1. The number of thiophene rings is 1. The van der Waals surface area contributed by atoms with Crippen LogP contribution in [0.3, 0.4) is 0 Å². The number of carbonyl (C=O) groups is 2. The Kier molecular flexibility index (Phi) is 5.59. The Morgan fingerprint density at radius 1 is 1.50 bits per heavy atom. The van der Waals surface area contributed by atoms with Gasteiger partial charge in [0, 0.05) is 13.6 Å². The van der Waals surface area contributed by atoms with Gasteiger partial charge in [0.05, 0.1) is 3.79 Å². The van der Waals surface area contributed by atoms with E-state index in [1.54, 1.807) is 39.2 Å². The second kappa shape index (κ2) is 6.58. The third-order valence-electron chi connectivity index (χ3n) is 2.77. The van der Waals surface area contributed by atoms with Crippen LogP contribution < -0.4 is 5.32 Å². The van der Waals surface area contributed by atoms with E-state index in [2.05, 4.69) is 21.2 Å². The van der Waals surface area contributed by atoms with Crippen molar-refractivity contribution < 1.29 is 14.7 Å². The van der Waals surface area contributed by atoms with Crippen molar-refractivity contribution in [1.82, 2.24) is 10.2 Å². The SMILES string of the molecule is CN(Cc1csc(Br)c1)C(=O)N[C@H](C(=O)O)C(C)(C)C. The number of amides is 2. The average molecular weight is 363 g/mol. The van der Waals surface area contributed by atoms with E-state index in [4.69, 9.17) is 0 Å². The molecular weight excluding hydrogens is 344 g/mol. The van der Waals surface area contributed by atoms with Crippen molar-refractivity contribution in [3.05, 3.63) is 20.8 Å². The molecule has 1 atom stereocenters. The Balaban J connectivity index is 2.67. The van der Waals surface area contributed by atoms with Gasteiger partial charge >= 0.3 is 12.0 Å². The van der Waals surface area contributed by atoms with Gasteiger partial charge in [-0.1, -0.05) is 20.8 Å². The van der Waals surface area contributed by atoms with Gasteiger partial charge in [-0.3, -0.25) is 0 Å².